The molecule has 2 bridgehead atoms. The van der Waals surface area contributed by atoms with Gasteiger partial charge in [-0.15, -0.1) is 0 Å². The Bertz CT molecular complexity index is 683. The van der Waals surface area contributed by atoms with E-state index in [1.54, 1.807) is 4.90 Å². The zero-order valence-electron chi connectivity index (χ0n) is 12.9. The first kappa shape index (κ1) is 15.5. The summed E-state index contributed by atoms with van der Waals surface area (Å²) in [6.07, 6.45) is 2.57. The fourth-order valence-electron chi connectivity index (χ4n) is 3.85. The summed E-state index contributed by atoms with van der Waals surface area (Å²) in [5.41, 5.74) is -0.881. The second-order valence-corrected chi connectivity index (χ2v) is 6.72. The number of ether oxygens (including phenoxy) is 1. The SMILES string of the molecule is O=C(C1CC2C=CC1C2)N1CC(Oc2ncccc2C(F)(F)F)C1. The van der Waals surface area contributed by atoms with Crippen LogP contribution in [0.4, 0.5) is 13.2 Å². The summed E-state index contributed by atoms with van der Waals surface area (Å²) in [7, 11) is 0. The number of alkyl halides is 3. The molecule has 24 heavy (non-hydrogen) atoms. The molecule has 0 radical (unpaired) electrons. The van der Waals surface area contributed by atoms with Crippen molar-refractivity contribution in [2.24, 2.45) is 17.8 Å². The van der Waals surface area contributed by atoms with Gasteiger partial charge in [-0.3, -0.25) is 4.79 Å². The monoisotopic (exact) mass is 338 g/mol. The largest absolute Gasteiger partial charge is 0.470 e. The van der Waals surface area contributed by atoms with Gasteiger partial charge >= 0.3 is 6.18 Å². The van der Waals surface area contributed by atoms with Crippen LogP contribution in [0.15, 0.2) is 30.5 Å². The van der Waals surface area contributed by atoms with E-state index in [4.69, 9.17) is 4.74 Å². The van der Waals surface area contributed by atoms with Crippen molar-refractivity contribution in [2.45, 2.75) is 25.1 Å². The van der Waals surface area contributed by atoms with Gasteiger partial charge in [0.05, 0.1) is 13.1 Å². The van der Waals surface area contributed by atoms with Crippen LogP contribution in [-0.2, 0) is 11.0 Å². The lowest BCUT2D eigenvalue weighted by atomic mass is 9.91. The number of aromatic nitrogens is 1. The molecule has 0 N–H and O–H groups in total. The van der Waals surface area contributed by atoms with E-state index in [1.807, 2.05) is 0 Å². The molecule has 1 amide bonds. The van der Waals surface area contributed by atoms with E-state index in [2.05, 4.69) is 17.1 Å². The minimum absolute atomic E-state index is 0.0292. The van der Waals surface area contributed by atoms with Crippen molar-refractivity contribution in [3.05, 3.63) is 36.0 Å². The van der Waals surface area contributed by atoms with E-state index in [0.717, 1.165) is 18.9 Å². The van der Waals surface area contributed by atoms with Crippen molar-refractivity contribution in [2.75, 3.05) is 13.1 Å². The maximum Gasteiger partial charge on any atom is 0.421 e. The van der Waals surface area contributed by atoms with Gasteiger partial charge in [-0.2, -0.15) is 13.2 Å². The molecule has 1 aromatic rings. The van der Waals surface area contributed by atoms with Gasteiger partial charge in [0, 0.05) is 12.1 Å². The standard InChI is InChI=1S/C17H17F3N2O2/c18-17(19,20)14-2-1-5-21-15(14)24-12-8-22(9-12)16(23)13-7-10-3-4-11(13)6-10/h1-5,10-13H,6-9H2. The first-order valence-electron chi connectivity index (χ1n) is 8.08. The summed E-state index contributed by atoms with van der Waals surface area (Å²) in [5, 5.41) is 0. The smallest absolute Gasteiger partial charge is 0.421 e. The number of halogens is 3. The molecule has 3 aliphatic rings. The lowest BCUT2D eigenvalue weighted by Crippen LogP contribution is -2.58. The molecular formula is C17H17F3N2O2. The number of hydrogen-bond donors (Lipinski definition) is 0. The van der Waals surface area contributed by atoms with Gasteiger partial charge in [-0.1, -0.05) is 12.2 Å². The number of allylic oxidation sites excluding steroid dienone is 2. The predicted octanol–water partition coefficient (Wildman–Crippen LogP) is 2.90. The molecule has 1 saturated heterocycles. The molecule has 7 heteroatoms. The molecule has 0 spiro atoms. The predicted molar refractivity (Wildman–Crippen MR) is 79.1 cm³/mol. The van der Waals surface area contributed by atoms with Gasteiger partial charge in [-0.05, 0) is 36.8 Å². The number of nitrogens with zero attached hydrogens (tertiary/aromatic N) is 2. The van der Waals surface area contributed by atoms with E-state index in [1.165, 1.54) is 12.3 Å². The van der Waals surface area contributed by atoms with Crippen molar-refractivity contribution in [3.8, 4) is 5.88 Å². The number of hydrogen-bond acceptors (Lipinski definition) is 3. The third-order valence-corrected chi connectivity index (χ3v) is 5.11. The minimum atomic E-state index is -4.50. The second kappa shape index (κ2) is 5.50. The lowest BCUT2D eigenvalue weighted by molar-refractivity contribution is -0.148. The third-order valence-electron chi connectivity index (χ3n) is 5.11. The van der Waals surface area contributed by atoms with Crippen LogP contribution in [0, 0.1) is 17.8 Å². The Hall–Kier alpha value is -2.05. The van der Waals surface area contributed by atoms with Crippen LogP contribution in [0.5, 0.6) is 5.88 Å². The molecule has 3 atom stereocenters. The molecule has 1 saturated carbocycles. The van der Waals surface area contributed by atoms with Gasteiger partial charge in [0.25, 0.3) is 0 Å². The van der Waals surface area contributed by atoms with Gasteiger partial charge in [0.15, 0.2) is 0 Å². The van der Waals surface area contributed by atoms with E-state index in [-0.39, 0.29) is 11.8 Å². The van der Waals surface area contributed by atoms with Gasteiger partial charge in [0.2, 0.25) is 11.8 Å². The average Bonchev–Trinajstić information content (AvgIpc) is 3.12. The number of pyridine rings is 1. The van der Waals surface area contributed by atoms with Crippen LogP contribution in [0.1, 0.15) is 18.4 Å². The normalized spacial score (nSPS) is 29.0. The van der Waals surface area contributed by atoms with Crippen LogP contribution in [0.25, 0.3) is 0 Å². The van der Waals surface area contributed by atoms with E-state index >= 15 is 0 Å². The molecule has 2 aliphatic carbocycles. The molecule has 3 unspecified atom stereocenters. The highest BCUT2D eigenvalue weighted by Crippen LogP contribution is 2.44. The average molecular weight is 338 g/mol. The quantitative estimate of drug-likeness (QED) is 0.796. The number of carbonyl (C=O) groups is 1. The zero-order chi connectivity index (χ0) is 16.9. The molecular weight excluding hydrogens is 321 g/mol. The first-order chi connectivity index (χ1) is 11.4. The molecule has 2 fully saturated rings. The summed E-state index contributed by atoms with van der Waals surface area (Å²) in [6.45, 7) is 0.647. The Morgan fingerprint density at radius 2 is 2.04 bits per heavy atom. The maximum absolute atomic E-state index is 12.9. The summed E-state index contributed by atoms with van der Waals surface area (Å²) in [5.74, 6) is 0.561. The Balaban J connectivity index is 1.36. The summed E-state index contributed by atoms with van der Waals surface area (Å²) in [4.78, 5) is 17.9. The van der Waals surface area contributed by atoms with Crippen molar-refractivity contribution in [1.29, 1.82) is 0 Å². The van der Waals surface area contributed by atoms with Crippen LogP contribution in [0.3, 0.4) is 0 Å². The van der Waals surface area contributed by atoms with Gasteiger partial charge in [0.1, 0.15) is 11.7 Å². The van der Waals surface area contributed by atoms with Crippen molar-refractivity contribution >= 4 is 5.91 Å². The van der Waals surface area contributed by atoms with Gasteiger partial charge < -0.3 is 9.64 Å². The van der Waals surface area contributed by atoms with Gasteiger partial charge in [-0.25, -0.2) is 4.98 Å². The Kier molecular flexibility index (Phi) is 3.54. The molecule has 2 heterocycles. The van der Waals surface area contributed by atoms with Crippen molar-refractivity contribution in [3.63, 3.8) is 0 Å². The van der Waals surface area contributed by atoms with E-state index < -0.39 is 23.7 Å². The van der Waals surface area contributed by atoms with Crippen LogP contribution in [0.2, 0.25) is 0 Å². The molecule has 4 nitrogen and oxygen atoms in total. The first-order valence-corrected chi connectivity index (χ1v) is 8.08. The summed E-state index contributed by atoms with van der Waals surface area (Å²) < 4.78 is 44.1. The topological polar surface area (TPSA) is 42.4 Å². The molecule has 1 aromatic heterocycles. The Labute approximate surface area is 137 Å². The minimum Gasteiger partial charge on any atom is -0.470 e. The van der Waals surface area contributed by atoms with E-state index in [9.17, 15) is 18.0 Å². The van der Waals surface area contributed by atoms with E-state index in [0.29, 0.717) is 24.9 Å². The molecule has 0 aromatic carbocycles. The molecule has 128 valence electrons. The molecule has 4 rings (SSSR count). The summed E-state index contributed by atoms with van der Waals surface area (Å²) in [6, 6.07) is 2.18. The lowest BCUT2D eigenvalue weighted by Gasteiger charge is -2.41. The number of fused-ring (bicyclic) bond motifs is 2. The second-order valence-electron chi connectivity index (χ2n) is 6.72. The Morgan fingerprint density at radius 3 is 2.67 bits per heavy atom. The molecule has 1 aliphatic heterocycles. The Morgan fingerprint density at radius 1 is 1.25 bits per heavy atom. The zero-order valence-corrected chi connectivity index (χ0v) is 12.9. The van der Waals surface area contributed by atoms with Crippen LogP contribution >= 0.6 is 0 Å². The van der Waals surface area contributed by atoms with Crippen LogP contribution in [-0.4, -0.2) is 35.0 Å². The van der Waals surface area contributed by atoms with Crippen molar-refractivity contribution < 1.29 is 22.7 Å². The third kappa shape index (κ3) is 2.65. The highest BCUT2D eigenvalue weighted by molar-refractivity contribution is 5.81. The number of likely N-dealkylation sites (tertiary alicyclic amines) is 1. The number of carbonyl (C=O) groups excluding carboxylic acids is 1. The fourth-order valence-corrected chi connectivity index (χ4v) is 3.85. The highest BCUT2D eigenvalue weighted by atomic mass is 19.4. The number of rotatable bonds is 3. The van der Waals surface area contributed by atoms with Crippen molar-refractivity contribution in [1.82, 2.24) is 9.88 Å². The summed E-state index contributed by atoms with van der Waals surface area (Å²) >= 11 is 0. The highest BCUT2D eigenvalue weighted by Gasteiger charge is 2.45. The number of amides is 1. The van der Waals surface area contributed by atoms with Crippen LogP contribution < -0.4 is 4.74 Å². The fraction of sp³-hybridized carbons (Fsp3) is 0.529. The maximum atomic E-state index is 12.9.